The molecule has 4 heterocycles. The quantitative estimate of drug-likeness (QED) is 0.411. The summed E-state index contributed by atoms with van der Waals surface area (Å²) in [4.78, 5) is 11.3. The van der Waals surface area contributed by atoms with Gasteiger partial charge in [-0.05, 0) is 6.07 Å². The number of halogens is 3. The van der Waals surface area contributed by atoms with E-state index in [0.717, 1.165) is 0 Å². The maximum Gasteiger partial charge on any atom is 0.330 e. The largest absolute Gasteiger partial charge is 0.480 e. The van der Waals surface area contributed by atoms with Crippen LogP contribution in [0.5, 0.6) is 5.88 Å². The smallest absolute Gasteiger partial charge is 0.330 e. The molecular weight excluding hydrogens is 384 g/mol. The maximum atomic E-state index is 13.7. The van der Waals surface area contributed by atoms with Crippen LogP contribution in [0.4, 0.5) is 8.78 Å². The van der Waals surface area contributed by atoms with Crippen LogP contribution in [-0.4, -0.2) is 54.2 Å². The number of aliphatic hydroxyl groups excluding tert-OH is 1. The number of ether oxygens (including phenoxy) is 1. The van der Waals surface area contributed by atoms with Crippen LogP contribution in [0.1, 0.15) is 5.82 Å². The molecular formula is C15H12ClF2N7O2. The van der Waals surface area contributed by atoms with Crippen molar-refractivity contribution in [3.63, 3.8) is 0 Å². The first-order valence-corrected chi connectivity index (χ1v) is 7.99. The molecule has 0 unspecified atom stereocenters. The van der Waals surface area contributed by atoms with E-state index in [2.05, 4.69) is 35.3 Å². The van der Waals surface area contributed by atoms with Crippen LogP contribution in [0.3, 0.4) is 0 Å². The van der Waals surface area contributed by atoms with Crippen LogP contribution in [0, 0.1) is 0 Å². The lowest BCUT2D eigenvalue weighted by molar-refractivity contribution is -0.0627. The molecule has 9 nitrogen and oxygen atoms in total. The molecule has 12 heteroatoms. The zero-order valence-corrected chi connectivity index (χ0v) is 14.5. The van der Waals surface area contributed by atoms with E-state index >= 15 is 0 Å². The van der Waals surface area contributed by atoms with E-state index in [9.17, 15) is 8.78 Å². The second-order valence-electron chi connectivity index (χ2n) is 5.61. The standard InChI is InChI=1S/C15H12ClF2N7O2/c1-27-13-7(16)2-8-10(22-13)9(6-3-19-20-4-6)11(21-8)12-23-14(25-24-12)15(17,18)5-26/h2-4,21,26H,5H2,1H3,(H,19,20)(H,23,24,25). The first-order valence-electron chi connectivity index (χ1n) is 7.62. The minimum Gasteiger partial charge on any atom is -0.480 e. The van der Waals surface area contributed by atoms with E-state index in [0.29, 0.717) is 27.9 Å². The summed E-state index contributed by atoms with van der Waals surface area (Å²) in [6.45, 7) is -1.40. The molecule has 0 spiro atoms. The topological polar surface area (TPSA) is 128 Å². The molecule has 0 amide bonds. The Bertz CT molecular complexity index is 1110. The minimum absolute atomic E-state index is 0.0439. The molecule has 4 rings (SSSR count). The minimum atomic E-state index is -3.57. The van der Waals surface area contributed by atoms with Gasteiger partial charge in [-0.2, -0.15) is 19.0 Å². The lowest BCUT2D eigenvalue weighted by Crippen LogP contribution is -2.20. The van der Waals surface area contributed by atoms with E-state index in [4.69, 9.17) is 21.4 Å². The molecule has 0 saturated carbocycles. The molecule has 4 N–H and O–H groups in total. The molecule has 0 aliphatic rings. The van der Waals surface area contributed by atoms with Crippen molar-refractivity contribution in [3.05, 3.63) is 29.3 Å². The summed E-state index contributed by atoms with van der Waals surface area (Å²) in [5.41, 5.74) is 2.57. The predicted molar refractivity (Wildman–Crippen MR) is 91.6 cm³/mol. The Labute approximate surface area is 154 Å². The molecule has 0 aliphatic carbocycles. The fourth-order valence-electron chi connectivity index (χ4n) is 2.67. The number of hydrogen-bond donors (Lipinski definition) is 4. The number of aromatic amines is 3. The van der Waals surface area contributed by atoms with Crippen molar-refractivity contribution in [2.75, 3.05) is 13.7 Å². The summed E-state index contributed by atoms with van der Waals surface area (Å²) in [6.07, 6.45) is 3.17. The highest BCUT2D eigenvalue weighted by atomic mass is 35.5. The summed E-state index contributed by atoms with van der Waals surface area (Å²) in [7, 11) is 1.44. The van der Waals surface area contributed by atoms with Gasteiger partial charge in [0.1, 0.15) is 17.1 Å². The fourth-order valence-corrected chi connectivity index (χ4v) is 2.90. The Balaban J connectivity index is 1.97. The van der Waals surface area contributed by atoms with E-state index in [1.54, 1.807) is 18.5 Å². The second kappa shape index (κ2) is 6.28. The van der Waals surface area contributed by atoms with E-state index in [-0.39, 0.29) is 16.7 Å². The molecule has 140 valence electrons. The van der Waals surface area contributed by atoms with E-state index in [1.165, 1.54) is 7.11 Å². The van der Waals surface area contributed by atoms with Crippen LogP contribution in [0.25, 0.3) is 33.7 Å². The van der Waals surface area contributed by atoms with E-state index < -0.39 is 18.4 Å². The molecule has 0 radical (unpaired) electrons. The molecule has 4 aromatic heterocycles. The third-order valence-electron chi connectivity index (χ3n) is 3.92. The average molecular weight is 396 g/mol. The zero-order chi connectivity index (χ0) is 19.2. The molecule has 27 heavy (non-hydrogen) atoms. The van der Waals surface area contributed by atoms with E-state index in [1.807, 2.05) is 0 Å². The highest BCUT2D eigenvalue weighted by Crippen LogP contribution is 2.39. The van der Waals surface area contributed by atoms with Gasteiger partial charge in [0, 0.05) is 17.3 Å². The number of rotatable bonds is 5. The SMILES string of the molecule is COc1nc2c(-c3cn[nH]c3)c(-c3nc(C(F)(F)CO)n[nH]3)[nH]c2cc1Cl. The predicted octanol–water partition coefficient (Wildman–Crippen LogP) is 2.48. The van der Waals surface area contributed by atoms with Crippen molar-refractivity contribution in [3.8, 4) is 28.5 Å². The van der Waals surface area contributed by atoms with Crippen LogP contribution in [0.2, 0.25) is 5.02 Å². The van der Waals surface area contributed by atoms with Crippen LogP contribution < -0.4 is 4.74 Å². The molecule has 0 saturated heterocycles. The van der Waals surface area contributed by atoms with Crippen molar-refractivity contribution < 1.29 is 18.6 Å². The normalized spacial score (nSPS) is 12.0. The number of fused-ring (bicyclic) bond motifs is 1. The van der Waals surface area contributed by atoms with Crippen molar-refractivity contribution in [2.24, 2.45) is 0 Å². The summed E-state index contributed by atoms with van der Waals surface area (Å²) >= 11 is 6.13. The van der Waals surface area contributed by atoms with Gasteiger partial charge >= 0.3 is 5.92 Å². The lowest BCUT2D eigenvalue weighted by Gasteiger charge is -2.06. The molecule has 0 atom stereocenters. The van der Waals surface area contributed by atoms with Gasteiger partial charge in [0.05, 0.1) is 24.5 Å². The number of methoxy groups -OCH3 is 1. The maximum absolute atomic E-state index is 13.7. The molecule has 0 aliphatic heterocycles. The number of nitrogens with one attached hydrogen (secondary N) is 3. The van der Waals surface area contributed by atoms with Crippen LogP contribution >= 0.6 is 11.6 Å². The molecule has 4 aromatic rings. The highest BCUT2D eigenvalue weighted by molar-refractivity contribution is 6.32. The van der Waals surface area contributed by atoms with Crippen molar-refractivity contribution >= 4 is 22.6 Å². The third-order valence-corrected chi connectivity index (χ3v) is 4.19. The third kappa shape index (κ3) is 2.80. The van der Waals surface area contributed by atoms with Gasteiger partial charge in [0.25, 0.3) is 0 Å². The van der Waals surface area contributed by atoms with Gasteiger partial charge in [-0.1, -0.05) is 11.6 Å². The van der Waals surface area contributed by atoms with Gasteiger partial charge in [0.2, 0.25) is 11.7 Å². The Morgan fingerprint density at radius 2 is 2.15 bits per heavy atom. The Morgan fingerprint density at radius 3 is 2.81 bits per heavy atom. The van der Waals surface area contributed by atoms with Gasteiger partial charge in [-0.25, -0.2) is 9.97 Å². The Hall–Kier alpha value is -3.05. The van der Waals surface area contributed by atoms with Crippen molar-refractivity contribution in [1.29, 1.82) is 0 Å². The highest BCUT2D eigenvalue weighted by Gasteiger charge is 2.36. The van der Waals surface area contributed by atoms with Gasteiger partial charge in [0.15, 0.2) is 5.82 Å². The first kappa shape index (κ1) is 17.4. The summed E-state index contributed by atoms with van der Waals surface area (Å²) in [6, 6.07) is 1.61. The second-order valence-corrected chi connectivity index (χ2v) is 6.02. The van der Waals surface area contributed by atoms with Crippen LogP contribution in [0.15, 0.2) is 18.5 Å². The number of aromatic nitrogens is 7. The number of aliphatic hydroxyl groups is 1. The summed E-state index contributed by atoms with van der Waals surface area (Å²) < 4.78 is 32.5. The number of hydrogen-bond acceptors (Lipinski definition) is 6. The molecule has 0 bridgehead atoms. The lowest BCUT2D eigenvalue weighted by atomic mass is 10.1. The Morgan fingerprint density at radius 1 is 1.33 bits per heavy atom. The zero-order valence-electron chi connectivity index (χ0n) is 13.7. The number of pyridine rings is 1. The van der Waals surface area contributed by atoms with Crippen molar-refractivity contribution in [1.82, 2.24) is 35.3 Å². The number of H-pyrrole nitrogens is 3. The van der Waals surface area contributed by atoms with Gasteiger partial charge in [-0.3, -0.25) is 10.2 Å². The number of alkyl halides is 2. The first-order chi connectivity index (χ1) is 12.9. The fraction of sp³-hybridized carbons (Fsp3) is 0.200. The molecule has 0 aromatic carbocycles. The van der Waals surface area contributed by atoms with Crippen LogP contribution in [-0.2, 0) is 5.92 Å². The molecule has 0 fully saturated rings. The van der Waals surface area contributed by atoms with Gasteiger partial charge in [-0.15, -0.1) is 0 Å². The number of nitrogens with zero attached hydrogens (tertiary/aromatic N) is 4. The summed E-state index contributed by atoms with van der Waals surface area (Å²) in [5.74, 6) is -4.13. The average Bonchev–Trinajstić information content (AvgIpc) is 3.39. The van der Waals surface area contributed by atoms with Crippen molar-refractivity contribution in [2.45, 2.75) is 5.92 Å². The monoisotopic (exact) mass is 395 g/mol. The summed E-state index contributed by atoms with van der Waals surface area (Å²) in [5, 5.41) is 21.7. The van der Waals surface area contributed by atoms with Gasteiger partial charge < -0.3 is 14.8 Å². The Kier molecular flexibility index (Phi) is 4.04.